The number of methoxy groups -OCH3 is 1. The van der Waals surface area contributed by atoms with E-state index in [0.717, 1.165) is 5.69 Å². The Morgan fingerprint density at radius 2 is 2.50 bits per heavy atom. The van der Waals surface area contributed by atoms with Gasteiger partial charge in [0.25, 0.3) is 0 Å². The predicted molar refractivity (Wildman–Crippen MR) is 44.3 cm³/mol. The Morgan fingerprint density at radius 1 is 1.75 bits per heavy atom. The van der Waals surface area contributed by atoms with Crippen LogP contribution in [0.5, 0.6) is 0 Å². The summed E-state index contributed by atoms with van der Waals surface area (Å²) in [5, 5.41) is 0. The van der Waals surface area contributed by atoms with E-state index in [9.17, 15) is 4.79 Å². The number of aromatic nitrogens is 2. The molecule has 1 heterocycles. The summed E-state index contributed by atoms with van der Waals surface area (Å²) in [6.07, 6.45) is 6.41. The third-order valence-corrected chi connectivity index (χ3v) is 1.32. The van der Waals surface area contributed by atoms with E-state index in [4.69, 9.17) is 0 Å². The van der Waals surface area contributed by atoms with Crippen LogP contribution in [-0.2, 0) is 16.6 Å². The van der Waals surface area contributed by atoms with Gasteiger partial charge in [-0.25, -0.2) is 9.78 Å². The number of carbonyl (C=O) groups excluding carboxylic acids is 1. The van der Waals surface area contributed by atoms with Gasteiger partial charge in [-0.15, -0.1) is 0 Å². The van der Waals surface area contributed by atoms with Gasteiger partial charge in [0.1, 0.15) is 0 Å². The van der Waals surface area contributed by atoms with Gasteiger partial charge in [0, 0.05) is 19.3 Å². The SMILES string of the molecule is COC(=O)C=Cc1cn(C)cn1. The molecule has 4 heteroatoms. The number of rotatable bonds is 2. The first kappa shape index (κ1) is 8.52. The first-order chi connectivity index (χ1) is 5.72. The maximum Gasteiger partial charge on any atom is 0.330 e. The standard InChI is InChI=1S/C8H10N2O2/c1-10-5-7(9-6-10)3-4-8(11)12-2/h3-6H,1-2H3. The van der Waals surface area contributed by atoms with Gasteiger partial charge in [-0.05, 0) is 6.08 Å². The van der Waals surface area contributed by atoms with Crippen molar-refractivity contribution in [3.05, 3.63) is 24.3 Å². The fourth-order valence-corrected chi connectivity index (χ4v) is 0.741. The van der Waals surface area contributed by atoms with Crippen LogP contribution in [0.2, 0.25) is 0 Å². The van der Waals surface area contributed by atoms with Gasteiger partial charge in [0.15, 0.2) is 0 Å². The van der Waals surface area contributed by atoms with Crippen LogP contribution in [0.25, 0.3) is 6.08 Å². The zero-order valence-corrected chi connectivity index (χ0v) is 7.02. The molecule has 0 aliphatic carbocycles. The van der Waals surface area contributed by atoms with E-state index in [1.165, 1.54) is 13.2 Å². The Balaban J connectivity index is 2.63. The highest BCUT2D eigenvalue weighted by Gasteiger charge is 1.93. The van der Waals surface area contributed by atoms with Gasteiger partial charge in [0.2, 0.25) is 0 Å². The molecule has 0 bridgehead atoms. The maximum absolute atomic E-state index is 10.6. The Morgan fingerprint density at radius 3 is 3.00 bits per heavy atom. The van der Waals surface area contributed by atoms with E-state index < -0.39 is 0 Å². The Hall–Kier alpha value is -1.58. The van der Waals surface area contributed by atoms with Gasteiger partial charge in [0.05, 0.1) is 19.1 Å². The van der Waals surface area contributed by atoms with E-state index in [0.29, 0.717) is 0 Å². The van der Waals surface area contributed by atoms with Crippen molar-refractivity contribution in [1.82, 2.24) is 9.55 Å². The van der Waals surface area contributed by atoms with Crippen molar-refractivity contribution in [3.63, 3.8) is 0 Å². The molecule has 12 heavy (non-hydrogen) atoms. The monoisotopic (exact) mass is 166 g/mol. The van der Waals surface area contributed by atoms with Crippen LogP contribution < -0.4 is 0 Å². The second kappa shape index (κ2) is 3.71. The zero-order valence-electron chi connectivity index (χ0n) is 7.02. The lowest BCUT2D eigenvalue weighted by Gasteiger charge is -1.87. The summed E-state index contributed by atoms with van der Waals surface area (Å²) in [5.74, 6) is -0.374. The number of aryl methyl sites for hydroxylation is 1. The van der Waals surface area contributed by atoms with Crippen LogP contribution >= 0.6 is 0 Å². The molecule has 0 unspecified atom stereocenters. The maximum atomic E-state index is 10.6. The van der Waals surface area contributed by atoms with Crippen molar-refractivity contribution in [2.24, 2.45) is 7.05 Å². The minimum atomic E-state index is -0.374. The van der Waals surface area contributed by atoms with Crippen LogP contribution in [0, 0.1) is 0 Å². The molecule has 1 aromatic heterocycles. The van der Waals surface area contributed by atoms with E-state index in [2.05, 4.69) is 9.72 Å². The lowest BCUT2D eigenvalue weighted by Crippen LogP contribution is -1.93. The topological polar surface area (TPSA) is 44.1 Å². The lowest BCUT2D eigenvalue weighted by molar-refractivity contribution is -0.134. The number of nitrogens with zero attached hydrogens (tertiary/aromatic N) is 2. The molecule has 0 saturated carbocycles. The highest BCUT2D eigenvalue weighted by atomic mass is 16.5. The second-order valence-electron chi connectivity index (χ2n) is 2.32. The zero-order chi connectivity index (χ0) is 8.97. The molecule has 0 N–H and O–H groups in total. The molecule has 0 aliphatic heterocycles. The quantitative estimate of drug-likeness (QED) is 0.477. The Labute approximate surface area is 70.5 Å². The number of hydrogen-bond donors (Lipinski definition) is 0. The van der Waals surface area contributed by atoms with E-state index in [1.807, 2.05) is 7.05 Å². The van der Waals surface area contributed by atoms with Gasteiger partial charge >= 0.3 is 5.97 Å². The predicted octanol–water partition coefficient (Wildman–Crippen LogP) is 0.606. The number of esters is 1. The van der Waals surface area contributed by atoms with Crippen molar-refractivity contribution in [1.29, 1.82) is 0 Å². The smallest absolute Gasteiger partial charge is 0.330 e. The number of imidazole rings is 1. The summed E-state index contributed by atoms with van der Waals surface area (Å²) in [5.41, 5.74) is 0.739. The highest BCUT2D eigenvalue weighted by molar-refractivity contribution is 5.86. The third-order valence-electron chi connectivity index (χ3n) is 1.32. The molecule has 1 rings (SSSR count). The third kappa shape index (κ3) is 2.23. The van der Waals surface area contributed by atoms with Gasteiger partial charge in [-0.3, -0.25) is 0 Å². The van der Waals surface area contributed by atoms with Crippen molar-refractivity contribution >= 4 is 12.0 Å². The second-order valence-corrected chi connectivity index (χ2v) is 2.32. The lowest BCUT2D eigenvalue weighted by atomic mass is 10.4. The molecule has 64 valence electrons. The highest BCUT2D eigenvalue weighted by Crippen LogP contribution is 1.96. The molecule has 4 nitrogen and oxygen atoms in total. The molecule has 1 aromatic rings. The van der Waals surface area contributed by atoms with E-state index in [1.54, 1.807) is 23.2 Å². The molecule has 0 aliphatic rings. The number of hydrogen-bond acceptors (Lipinski definition) is 3. The van der Waals surface area contributed by atoms with Crippen LogP contribution in [0.4, 0.5) is 0 Å². The number of ether oxygens (including phenoxy) is 1. The molecule has 0 aromatic carbocycles. The molecule has 0 radical (unpaired) electrons. The molecular formula is C8H10N2O2. The molecule has 0 amide bonds. The Kier molecular flexibility index (Phi) is 2.63. The van der Waals surface area contributed by atoms with Crippen LogP contribution in [0.1, 0.15) is 5.69 Å². The molecule has 0 fully saturated rings. The summed E-state index contributed by atoms with van der Waals surface area (Å²) in [4.78, 5) is 14.6. The molecule has 0 spiro atoms. The fourth-order valence-electron chi connectivity index (χ4n) is 0.741. The van der Waals surface area contributed by atoms with Crippen LogP contribution in [0.15, 0.2) is 18.6 Å². The van der Waals surface area contributed by atoms with E-state index >= 15 is 0 Å². The summed E-state index contributed by atoms with van der Waals surface area (Å²) >= 11 is 0. The van der Waals surface area contributed by atoms with Gasteiger partial charge < -0.3 is 9.30 Å². The van der Waals surface area contributed by atoms with Crippen LogP contribution in [0.3, 0.4) is 0 Å². The summed E-state index contributed by atoms with van der Waals surface area (Å²) in [7, 11) is 3.20. The summed E-state index contributed by atoms with van der Waals surface area (Å²) < 4.78 is 6.22. The average molecular weight is 166 g/mol. The molecule has 0 atom stereocenters. The van der Waals surface area contributed by atoms with Crippen molar-refractivity contribution in [2.75, 3.05) is 7.11 Å². The van der Waals surface area contributed by atoms with Crippen LogP contribution in [-0.4, -0.2) is 22.6 Å². The first-order valence-corrected chi connectivity index (χ1v) is 3.46. The van der Waals surface area contributed by atoms with Crippen molar-refractivity contribution < 1.29 is 9.53 Å². The molecule has 0 saturated heterocycles. The summed E-state index contributed by atoms with van der Waals surface area (Å²) in [6.45, 7) is 0. The molecular weight excluding hydrogens is 156 g/mol. The fraction of sp³-hybridized carbons (Fsp3) is 0.250. The van der Waals surface area contributed by atoms with Gasteiger partial charge in [-0.1, -0.05) is 0 Å². The largest absolute Gasteiger partial charge is 0.466 e. The minimum absolute atomic E-state index is 0.374. The van der Waals surface area contributed by atoms with Crippen molar-refractivity contribution in [2.45, 2.75) is 0 Å². The first-order valence-electron chi connectivity index (χ1n) is 3.46. The van der Waals surface area contributed by atoms with Gasteiger partial charge in [-0.2, -0.15) is 0 Å². The minimum Gasteiger partial charge on any atom is -0.466 e. The average Bonchev–Trinajstić information content (AvgIpc) is 2.47. The number of carbonyl (C=O) groups is 1. The Bertz CT molecular complexity index is 302. The summed E-state index contributed by atoms with van der Waals surface area (Å²) in [6, 6.07) is 0. The van der Waals surface area contributed by atoms with E-state index in [-0.39, 0.29) is 5.97 Å². The van der Waals surface area contributed by atoms with Crippen molar-refractivity contribution in [3.8, 4) is 0 Å². The normalized spacial score (nSPS) is 10.5.